The second-order valence-corrected chi connectivity index (χ2v) is 5.23. The zero-order valence-electron chi connectivity index (χ0n) is 11.9. The largest absolute Gasteiger partial charge is 0.399 e. The summed E-state index contributed by atoms with van der Waals surface area (Å²) in [6.07, 6.45) is 0. The summed E-state index contributed by atoms with van der Waals surface area (Å²) in [5.74, 6) is -0.257. The number of nitrogens with two attached hydrogens (primary N) is 1. The van der Waals surface area contributed by atoms with Crippen LogP contribution in [0.15, 0.2) is 42.5 Å². The van der Waals surface area contributed by atoms with E-state index < -0.39 is 0 Å². The Morgan fingerprint density at radius 2 is 1.86 bits per heavy atom. The van der Waals surface area contributed by atoms with Gasteiger partial charge in [0.2, 0.25) is 0 Å². The van der Waals surface area contributed by atoms with E-state index in [2.05, 4.69) is 10.3 Å². The molecule has 106 valence electrons. The van der Waals surface area contributed by atoms with Crippen molar-refractivity contribution in [2.75, 3.05) is 11.1 Å². The van der Waals surface area contributed by atoms with Crippen molar-refractivity contribution >= 4 is 28.0 Å². The molecule has 0 unspecified atom stereocenters. The van der Waals surface area contributed by atoms with E-state index in [1.807, 2.05) is 44.2 Å². The summed E-state index contributed by atoms with van der Waals surface area (Å²) >= 11 is 0. The molecule has 0 amide bonds. The molecule has 3 rings (SSSR count). The molecule has 3 nitrogen and oxygen atoms in total. The van der Waals surface area contributed by atoms with Crippen molar-refractivity contribution < 1.29 is 4.39 Å². The molecule has 0 saturated carbocycles. The molecule has 2 aromatic carbocycles. The number of pyridine rings is 1. The smallest absolute Gasteiger partial charge is 0.125 e. The van der Waals surface area contributed by atoms with Gasteiger partial charge in [-0.2, -0.15) is 0 Å². The number of anilines is 3. The Labute approximate surface area is 122 Å². The molecule has 1 heterocycles. The number of halogens is 1. The maximum atomic E-state index is 13.5. The summed E-state index contributed by atoms with van der Waals surface area (Å²) < 4.78 is 13.5. The highest BCUT2D eigenvalue weighted by Gasteiger charge is 2.06. The predicted octanol–water partition coefficient (Wildman–Crippen LogP) is 4.32. The second-order valence-electron chi connectivity index (χ2n) is 5.23. The Morgan fingerprint density at radius 1 is 1.05 bits per heavy atom. The molecule has 0 aliphatic heterocycles. The second kappa shape index (κ2) is 5.05. The van der Waals surface area contributed by atoms with Gasteiger partial charge in [0.05, 0.1) is 5.52 Å². The first kappa shape index (κ1) is 13.4. The van der Waals surface area contributed by atoms with E-state index >= 15 is 0 Å². The lowest BCUT2D eigenvalue weighted by molar-refractivity contribution is 0.627. The van der Waals surface area contributed by atoms with Crippen molar-refractivity contribution in [2.24, 2.45) is 0 Å². The molecule has 0 bridgehead atoms. The van der Waals surface area contributed by atoms with Gasteiger partial charge in [0.25, 0.3) is 0 Å². The Kier molecular flexibility index (Phi) is 3.22. The highest BCUT2D eigenvalue weighted by atomic mass is 19.1. The number of nitrogens with zero attached hydrogens (tertiary/aromatic N) is 1. The molecule has 21 heavy (non-hydrogen) atoms. The van der Waals surface area contributed by atoms with Crippen molar-refractivity contribution in [2.45, 2.75) is 13.8 Å². The molecular weight excluding hydrogens is 265 g/mol. The van der Waals surface area contributed by atoms with Crippen molar-refractivity contribution in [3.8, 4) is 0 Å². The average molecular weight is 281 g/mol. The van der Waals surface area contributed by atoms with Crippen molar-refractivity contribution in [3.63, 3.8) is 0 Å². The highest BCUT2D eigenvalue weighted by Crippen LogP contribution is 2.28. The SMILES string of the molecule is Cc1cc(F)cc(Nc2cc(C)nc3ccc(N)cc23)c1. The van der Waals surface area contributed by atoms with E-state index in [1.54, 1.807) is 0 Å². The first-order valence-electron chi connectivity index (χ1n) is 6.72. The van der Waals surface area contributed by atoms with E-state index in [1.165, 1.54) is 12.1 Å². The van der Waals surface area contributed by atoms with E-state index in [0.717, 1.165) is 27.8 Å². The van der Waals surface area contributed by atoms with Crippen LogP contribution in [0.25, 0.3) is 10.9 Å². The van der Waals surface area contributed by atoms with Crippen LogP contribution in [-0.2, 0) is 0 Å². The van der Waals surface area contributed by atoms with Crippen molar-refractivity contribution in [1.82, 2.24) is 4.98 Å². The van der Waals surface area contributed by atoms with Crippen molar-refractivity contribution in [1.29, 1.82) is 0 Å². The fraction of sp³-hybridized carbons (Fsp3) is 0.118. The summed E-state index contributed by atoms with van der Waals surface area (Å²) in [5.41, 5.74) is 10.7. The molecular formula is C17H16FN3. The summed E-state index contributed by atoms with van der Waals surface area (Å²) in [6.45, 7) is 3.79. The van der Waals surface area contributed by atoms with Gasteiger partial charge >= 0.3 is 0 Å². The Hall–Kier alpha value is -2.62. The molecule has 0 radical (unpaired) electrons. The van der Waals surface area contributed by atoms with Crippen LogP contribution >= 0.6 is 0 Å². The lowest BCUT2D eigenvalue weighted by atomic mass is 10.1. The van der Waals surface area contributed by atoms with Crippen molar-refractivity contribution in [3.05, 3.63) is 59.5 Å². The van der Waals surface area contributed by atoms with Crippen LogP contribution in [0.1, 0.15) is 11.3 Å². The Morgan fingerprint density at radius 3 is 2.62 bits per heavy atom. The minimum Gasteiger partial charge on any atom is -0.399 e. The number of nitrogen functional groups attached to an aromatic ring is 1. The molecule has 0 saturated heterocycles. The van der Waals surface area contributed by atoms with Crippen LogP contribution in [-0.4, -0.2) is 4.98 Å². The highest BCUT2D eigenvalue weighted by molar-refractivity contribution is 5.95. The quantitative estimate of drug-likeness (QED) is 0.688. The van der Waals surface area contributed by atoms with Gasteiger partial charge in [-0.1, -0.05) is 0 Å². The first-order chi connectivity index (χ1) is 10.0. The molecule has 0 aliphatic carbocycles. The summed E-state index contributed by atoms with van der Waals surface area (Å²) in [6, 6.07) is 12.4. The lowest BCUT2D eigenvalue weighted by Gasteiger charge is -2.12. The van der Waals surface area contributed by atoms with Gasteiger partial charge in [-0.25, -0.2) is 4.39 Å². The molecule has 4 heteroatoms. The van der Waals surface area contributed by atoms with Gasteiger partial charge in [-0.3, -0.25) is 4.98 Å². The molecule has 3 N–H and O–H groups in total. The third kappa shape index (κ3) is 2.79. The van der Waals surface area contributed by atoms with Gasteiger partial charge in [-0.05, 0) is 61.9 Å². The van der Waals surface area contributed by atoms with Gasteiger partial charge in [0.15, 0.2) is 0 Å². The van der Waals surface area contributed by atoms with E-state index in [4.69, 9.17) is 5.73 Å². The zero-order chi connectivity index (χ0) is 15.0. The maximum absolute atomic E-state index is 13.5. The number of aromatic nitrogens is 1. The standard InChI is InChI=1S/C17H16FN3/c1-10-5-12(18)8-14(6-10)21-17-7-11(2)20-16-4-3-13(19)9-15(16)17/h3-9H,19H2,1-2H3,(H,20,21). The van der Waals surface area contributed by atoms with Crippen LogP contribution in [0.2, 0.25) is 0 Å². The number of nitrogens with one attached hydrogen (secondary N) is 1. The van der Waals surface area contributed by atoms with Crippen LogP contribution in [0.3, 0.4) is 0 Å². The fourth-order valence-electron chi connectivity index (χ4n) is 2.44. The number of hydrogen-bond donors (Lipinski definition) is 2. The fourth-order valence-corrected chi connectivity index (χ4v) is 2.44. The van der Waals surface area contributed by atoms with Gasteiger partial charge < -0.3 is 11.1 Å². The zero-order valence-corrected chi connectivity index (χ0v) is 11.9. The molecule has 0 fully saturated rings. The van der Waals surface area contributed by atoms with Crippen LogP contribution < -0.4 is 11.1 Å². The Bertz CT molecular complexity index is 807. The van der Waals surface area contributed by atoms with E-state index in [9.17, 15) is 4.39 Å². The third-order valence-corrected chi connectivity index (χ3v) is 3.28. The molecule has 0 spiro atoms. The maximum Gasteiger partial charge on any atom is 0.125 e. The average Bonchev–Trinajstić information content (AvgIpc) is 2.38. The monoisotopic (exact) mass is 281 g/mol. The molecule has 0 aliphatic rings. The molecule has 0 atom stereocenters. The number of aryl methyl sites for hydroxylation is 2. The van der Waals surface area contributed by atoms with Gasteiger partial charge in [-0.15, -0.1) is 0 Å². The van der Waals surface area contributed by atoms with E-state index in [-0.39, 0.29) is 5.82 Å². The van der Waals surface area contributed by atoms with Crippen LogP contribution in [0.4, 0.5) is 21.5 Å². The number of hydrogen-bond acceptors (Lipinski definition) is 3. The minimum absolute atomic E-state index is 0.257. The van der Waals surface area contributed by atoms with Crippen LogP contribution in [0.5, 0.6) is 0 Å². The normalized spacial score (nSPS) is 10.8. The van der Waals surface area contributed by atoms with E-state index in [0.29, 0.717) is 11.4 Å². The first-order valence-corrected chi connectivity index (χ1v) is 6.72. The number of fused-ring (bicyclic) bond motifs is 1. The Balaban J connectivity index is 2.13. The summed E-state index contributed by atoms with van der Waals surface area (Å²) in [4.78, 5) is 4.48. The van der Waals surface area contributed by atoms with Crippen LogP contribution in [0, 0.1) is 19.7 Å². The topological polar surface area (TPSA) is 50.9 Å². The molecule has 3 aromatic rings. The third-order valence-electron chi connectivity index (χ3n) is 3.28. The summed E-state index contributed by atoms with van der Waals surface area (Å²) in [7, 11) is 0. The van der Waals surface area contributed by atoms with Gasteiger partial charge in [0.1, 0.15) is 5.82 Å². The predicted molar refractivity (Wildman–Crippen MR) is 85.3 cm³/mol. The summed E-state index contributed by atoms with van der Waals surface area (Å²) in [5, 5.41) is 4.18. The lowest BCUT2D eigenvalue weighted by Crippen LogP contribution is -1.96. The van der Waals surface area contributed by atoms with Gasteiger partial charge in [0, 0.05) is 28.1 Å². The minimum atomic E-state index is -0.257. The molecule has 1 aromatic heterocycles. The number of rotatable bonds is 2. The number of benzene rings is 2.